The summed E-state index contributed by atoms with van der Waals surface area (Å²) < 4.78 is 38.7. The predicted molar refractivity (Wildman–Crippen MR) is 75.1 cm³/mol. The fourth-order valence-corrected chi connectivity index (χ4v) is 2.53. The molecule has 1 atom stereocenters. The van der Waals surface area contributed by atoms with Crippen molar-refractivity contribution in [3.05, 3.63) is 29.3 Å². The van der Waals surface area contributed by atoms with Gasteiger partial charge < -0.3 is 10.2 Å². The molecule has 1 aliphatic heterocycles. The first kappa shape index (κ1) is 16.1. The largest absolute Gasteiger partial charge is 0.417 e. The quantitative estimate of drug-likeness (QED) is 0.933. The molecule has 1 unspecified atom stereocenters. The van der Waals surface area contributed by atoms with Crippen LogP contribution in [0, 0.1) is 11.3 Å². The fraction of sp³-hybridized carbons (Fsp3) is 0.467. The Labute approximate surface area is 126 Å². The topological polar surface area (TPSA) is 56.1 Å². The molecule has 0 bridgehead atoms. The second-order valence-electron chi connectivity index (χ2n) is 5.19. The van der Waals surface area contributed by atoms with E-state index in [1.807, 2.05) is 0 Å². The van der Waals surface area contributed by atoms with Crippen molar-refractivity contribution in [3.8, 4) is 6.07 Å². The lowest BCUT2D eigenvalue weighted by Crippen LogP contribution is -2.31. The Balaban J connectivity index is 2.12. The number of nitrogens with one attached hydrogen (secondary N) is 1. The van der Waals surface area contributed by atoms with Gasteiger partial charge in [0.05, 0.1) is 17.2 Å². The number of hydrogen-bond donors (Lipinski definition) is 1. The molecular formula is C15H16F3N3O. The maximum absolute atomic E-state index is 12.9. The van der Waals surface area contributed by atoms with E-state index in [9.17, 15) is 18.0 Å². The molecule has 7 heteroatoms. The summed E-state index contributed by atoms with van der Waals surface area (Å²) in [5.41, 5.74) is -1.03. The number of nitriles is 1. The van der Waals surface area contributed by atoms with E-state index in [4.69, 9.17) is 5.26 Å². The van der Waals surface area contributed by atoms with Gasteiger partial charge in [0.2, 0.25) is 5.91 Å². The molecule has 0 saturated carbocycles. The number of halogens is 3. The first-order valence-corrected chi connectivity index (χ1v) is 7.00. The molecule has 1 saturated heterocycles. The standard InChI is InChI=1S/C15H16F3N3O/c1-2-14(22)21-6-5-12(9-21)20-11-4-3-10(8-19)13(7-11)15(16,17)18/h3-4,7,12,20H,2,5-6,9H2,1H3. The van der Waals surface area contributed by atoms with Crippen LogP contribution in [0.5, 0.6) is 0 Å². The van der Waals surface area contributed by atoms with Crippen LogP contribution in [0.4, 0.5) is 18.9 Å². The van der Waals surface area contributed by atoms with E-state index in [2.05, 4.69) is 5.32 Å². The van der Waals surface area contributed by atoms with Gasteiger partial charge in [-0.3, -0.25) is 4.79 Å². The minimum absolute atomic E-state index is 0.0418. The second-order valence-corrected chi connectivity index (χ2v) is 5.19. The number of rotatable bonds is 3. The molecule has 0 radical (unpaired) electrons. The van der Waals surface area contributed by atoms with Gasteiger partial charge in [-0.1, -0.05) is 6.92 Å². The van der Waals surface area contributed by atoms with E-state index < -0.39 is 17.3 Å². The molecule has 1 aliphatic rings. The van der Waals surface area contributed by atoms with Crippen molar-refractivity contribution in [3.63, 3.8) is 0 Å². The van der Waals surface area contributed by atoms with E-state index >= 15 is 0 Å². The molecule has 1 fully saturated rings. The number of hydrogen-bond acceptors (Lipinski definition) is 3. The first-order valence-electron chi connectivity index (χ1n) is 7.00. The molecule has 1 N–H and O–H groups in total. The molecule has 0 aromatic heterocycles. The first-order chi connectivity index (χ1) is 10.3. The summed E-state index contributed by atoms with van der Waals surface area (Å²) in [5.74, 6) is 0.0418. The maximum atomic E-state index is 12.9. The van der Waals surface area contributed by atoms with Crippen LogP contribution in [-0.4, -0.2) is 29.9 Å². The van der Waals surface area contributed by atoms with Crippen LogP contribution in [-0.2, 0) is 11.0 Å². The molecule has 1 aromatic carbocycles. The van der Waals surface area contributed by atoms with Crippen molar-refractivity contribution in [1.82, 2.24) is 4.90 Å². The van der Waals surface area contributed by atoms with Gasteiger partial charge in [0.1, 0.15) is 0 Å². The van der Waals surface area contributed by atoms with Crippen molar-refractivity contribution in [2.24, 2.45) is 0 Å². The van der Waals surface area contributed by atoms with Crippen LogP contribution in [0.2, 0.25) is 0 Å². The van der Waals surface area contributed by atoms with Crippen molar-refractivity contribution in [2.45, 2.75) is 32.0 Å². The zero-order chi connectivity index (χ0) is 16.3. The number of carbonyl (C=O) groups is 1. The minimum Gasteiger partial charge on any atom is -0.380 e. The summed E-state index contributed by atoms with van der Waals surface area (Å²) in [6.07, 6.45) is -3.46. The number of likely N-dealkylation sites (tertiary alicyclic amines) is 1. The van der Waals surface area contributed by atoms with Gasteiger partial charge in [-0.2, -0.15) is 18.4 Å². The van der Waals surface area contributed by atoms with E-state index in [0.29, 0.717) is 31.6 Å². The summed E-state index contributed by atoms with van der Waals surface area (Å²) in [6.45, 7) is 2.86. The molecule has 22 heavy (non-hydrogen) atoms. The normalized spacial score (nSPS) is 18.1. The van der Waals surface area contributed by atoms with Crippen LogP contribution in [0.25, 0.3) is 0 Å². The Morgan fingerprint density at radius 2 is 2.23 bits per heavy atom. The lowest BCUT2D eigenvalue weighted by molar-refractivity contribution is -0.137. The third-order valence-corrected chi connectivity index (χ3v) is 3.66. The van der Waals surface area contributed by atoms with Gasteiger partial charge in [-0.05, 0) is 24.6 Å². The highest BCUT2D eigenvalue weighted by molar-refractivity contribution is 5.76. The highest BCUT2D eigenvalue weighted by Gasteiger charge is 2.34. The monoisotopic (exact) mass is 311 g/mol. The third-order valence-electron chi connectivity index (χ3n) is 3.66. The number of benzene rings is 1. The molecule has 2 rings (SSSR count). The van der Waals surface area contributed by atoms with Crippen molar-refractivity contribution < 1.29 is 18.0 Å². The Morgan fingerprint density at radius 3 is 2.82 bits per heavy atom. The van der Waals surface area contributed by atoms with Crippen LogP contribution in [0.1, 0.15) is 30.9 Å². The van der Waals surface area contributed by atoms with Gasteiger partial charge in [0.15, 0.2) is 0 Å². The lowest BCUT2D eigenvalue weighted by atomic mass is 10.1. The Morgan fingerprint density at radius 1 is 1.50 bits per heavy atom. The van der Waals surface area contributed by atoms with Crippen LogP contribution in [0.3, 0.4) is 0 Å². The molecule has 4 nitrogen and oxygen atoms in total. The van der Waals surface area contributed by atoms with Crippen molar-refractivity contribution in [2.75, 3.05) is 18.4 Å². The second kappa shape index (κ2) is 6.26. The van der Waals surface area contributed by atoms with Crippen molar-refractivity contribution in [1.29, 1.82) is 5.26 Å². The van der Waals surface area contributed by atoms with E-state index in [1.165, 1.54) is 6.07 Å². The van der Waals surface area contributed by atoms with Gasteiger partial charge in [0, 0.05) is 31.2 Å². The number of anilines is 1. The Hall–Kier alpha value is -2.23. The average Bonchev–Trinajstić information content (AvgIpc) is 2.94. The third kappa shape index (κ3) is 3.50. The molecular weight excluding hydrogens is 295 g/mol. The maximum Gasteiger partial charge on any atom is 0.417 e. The van der Waals surface area contributed by atoms with Crippen LogP contribution < -0.4 is 5.32 Å². The predicted octanol–water partition coefficient (Wildman–Crippen LogP) is 3.00. The summed E-state index contributed by atoms with van der Waals surface area (Å²) in [5, 5.41) is 11.8. The Bertz CT molecular complexity index is 607. The van der Waals surface area contributed by atoms with Gasteiger partial charge in [0.25, 0.3) is 0 Å². The van der Waals surface area contributed by atoms with Gasteiger partial charge in [-0.25, -0.2) is 0 Å². The smallest absolute Gasteiger partial charge is 0.380 e. The SMILES string of the molecule is CCC(=O)N1CCC(Nc2ccc(C#N)c(C(F)(F)F)c2)C1. The minimum atomic E-state index is -4.57. The molecule has 0 aliphatic carbocycles. The van der Waals surface area contributed by atoms with Crippen LogP contribution >= 0.6 is 0 Å². The van der Waals surface area contributed by atoms with Gasteiger partial charge >= 0.3 is 6.18 Å². The molecule has 1 aromatic rings. The number of alkyl halides is 3. The summed E-state index contributed by atoms with van der Waals surface area (Å²) in [6, 6.07) is 5.04. The van der Waals surface area contributed by atoms with E-state index in [0.717, 1.165) is 12.1 Å². The summed E-state index contributed by atoms with van der Waals surface area (Å²) >= 11 is 0. The number of amides is 1. The molecule has 1 amide bonds. The molecule has 0 spiro atoms. The fourth-order valence-electron chi connectivity index (χ4n) is 2.53. The van der Waals surface area contributed by atoms with E-state index in [1.54, 1.807) is 17.9 Å². The van der Waals surface area contributed by atoms with Crippen molar-refractivity contribution >= 4 is 11.6 Å². The highest BCUT2D eigenvalue weighted by atomic mass is 19.4. The van der Waals surface area contributed by atoms with Gasteiger partial charge in [-0.15, -0.1) is 0 Å². The Kier molecular flexibility index (Phi) is 4.59. The van der Waals surface area contributed by atoms with E-state index in [-0.39, 0.29) is 11.9 Å². The highest BCUT2D eigenvalue weighted by Crippen LogP contribution is 2.33. The molecule has 1 heterocycles. The van der Waals surface area contributed by atoms with Crippen LogP contribution in [0.15, 0.2) is 18.2 Å². The molecule has 118 valence electrons. The average molecular weight is 311 g/mol. The number of nitrogens with zero attached hydrogens (tertiary/aromatic N) is 2. The summed E-state index contributed by atoms with van der Waals surface area (Å²) in [4.78, 5) is 13.3. The summed E-state index contributed by atoms with van der Waals surface area (Å²) in [7, 11) is 0. The lowest BCUT2D eigenvalue weighted by Gasteiger charge is -2.18. The zero-order valence-electron chi connectivity index (χ0n) is 12.1. The zero-order valence-corrected chi connectivity index (χ0v) is 12.1. The number of carbonyl (C=O) groups excluding carboxylic acids is 1.